The van der Waals surface area contributed by atoms with E-state index in [1.54, 1.807) is 36.4 Å². The van der Waals surface area contributed by atoms with E-state index >= 15 is 0 Å². The van der Waals surface area contributed by atoms with Crippen molar-refractivity contribution >= 4 is 38.6 Å². The number of benzene rings is 3. The predicted molar refractivity (Wildman–Crippen MR) is 105 cm³/mol. The molecular weight excluding hydrogens is 400 g/mol. The van der Waals surface area contributed by atoms with Crippen molar-refractivity contribution in [3.8, 4) is 5.75 Å². The van der Waals surface area contributed by atoms with Crippen molar-refractivity contribution in [2.75, 3.05) is 5.32 Å². The molecule has 0 saturated carbocycles. The molecule has 0 aliphatic rings. The number of nitrogens with one attached hydrogen (secondary N) is 1. The lowest BCUT2D eigenvalue weighted by Crippen LogP contribution is -2.04. The summed E-state index contributed by atoms with van der Waals surface area (Å²) in [4.78, 5) is 9.48. The number of nitrogens with zero attached hydrogens (tertiary/aromatic N) is 3. The Morgan fingerprint density at radius 1 is 0.897 bits per heavy atom. The number of azo groups is 1. The summed E-state index contributed by atoms with van der Waals surface area (Å²) in [6, 6.07) is 15.7. The second-order valence-corrected chi connectivity index (χ2v) is 7.19. The molecule has 3 aromatic carbocycles. The molecule has 11 heteroatoms. The second-order valence-electron chi connectivity index (χ2n) is 5.80. The molecule has 0 aliphatic carbocycles. The zero-order chi connectivity index (χ0) is 21.0. The number of non-ortho nitro benzene ring substituents is 1. The normalized spacial score (nSPS) is 11.5. The van der Waals surface area contributed by atoms with E-state index in [0.29, 0.717) is 17.1 Å². The smallest absolute Gasteiger partial charge is 0.296 e. The Morgan fingerprint density at radius 3 is 1.97 bits per heavy atom. The van der Waals surface area contributed by atoms with Crippen LogP contribution in [0.1, 0.15) is 0 Å². The van der Waals surface area contributed by atoms with Gasteiger partial charge in [-0.05, 0) is 54.6 Å². The first-order valence-electron chi connectivity index (χ1n) is 8.06. The van der Waals surface area contributed by atoms with Gasteiger partial charge in [-0.15, -0.1) is 0 Å². The molecular formula is C18H14N4O6S. The quantitative estimate of drug-likeness (QED) is 0.228. The fourth-order valence-electron chi connectivity index (χ4n) is 2.34. The third-order valence-electron chi connectivity index (χ3n) is 3.73. The lowest BCUT2D eigenvalue weighted by atomic mass is 10.2. The number of hydrogen-bond donors (Lipinski definition) is 3. The summed E-state index contributed by atoms with van der Waals surface area (Å²) in [6.45, 7) is 0. The van der Waals surface area contributed by atoms with E-state index < -0.39 is 25.6 Å². The molecule has 29 heavy (non-hydrogen) atoms. The molecule has 3 N–H and O–H groups in total. The average Bonchev–Trinajstić information content (AvgIpc) is 2.68. The highest BCUT2D eigenvalue weighted by Crippen LogP contribution is 2.30. The average molecular weight is 414 g/mol. The molecule has 0 saturated heterocycles. The summed E-state index contributed by atoms with van der Waals surface area (Å²) in [5.41, 5.74) is 1.05. The monoisotopic (exact) mass is 414 g/mol. The van der Waals surface area contributed by atoms with Crippen molar-refractivity contribution in [2.24, 2.45) is 10.2 Å². The van der Waals surface area contributed by atoms with Gasteiger partial charge in [0.2, 0.25) is 0 Å². The van der Waals surface area contributed by atoms with Gasteiger partial charge in [0.25, 0.3) is 15.8 Å². The first-order valence-corrected chi connectivity index (χ1v) is 9.50. The number of anilines is 2. The van der Waals surface area contributed by atoms with Crippen LogP contribution in [0.4, 0.5) is 28.4 Å². The molecule has 3 rings (SSSR count). The number of phenolic OH excluding ortho intramolecular Hbond substituents is 1. The highest BCUT2D eigenvalue weighted by atomic mass is 32.2. The van der Waals surface area contributed by atoms with Crippen LogP contribution in [-0.2, 0) is 10.1 Å². The molecule has 0 aliphatic heterocycles. The van der Waals surface area contributed by atoms with Gasteiger partial charge in [0, 0.05) is 17.8 Å². The van der Waals surface area contributed by atoms with Crippen LogP contribution in [0.25, 0.3) is 0 Å². The predicted octanol–water partition coefficient (Wildman–Crippen LogP) is 4.71. The van der Waals surface area contributed by atoms with Gasteiger partial charge in [-0.2, -0.15) is 18.6 Å². The third kappa shape index (κ3) is 5.12. The van der Waals surface area contributed by atoms with E-state index in [0.717, 1.165) is 12.1 Å². The van der Waals surface area contributed by atoms with Crippen molar-refractivity contribution in [3.63, 3.8) is 0 Å². The van der Waals surface area contributed by atoms with Crippen LogP contribution < -0.4 is 5.32 Å². The second kappa shape index (κ2) is 8.04. The van der Waals surface area contributed by atoms with Crippen molar-refractivity contribution in [3.05, 3.63) is 76.8 Å². The fourth-order valence-corrected chi connectivity index (χ4v) is 3.01. The molecule has 0 heterocycles. The molecule has 0 bridgehead atoms. The van der Waals surface area contributed by atoms with Gasteiger partial charge >= 0.3 is 0 Å². The molecule has 148 valence electrons. The summed E-state index contributed by atoms with van der Waals surface area (Å²) >= 11 is 0. The van der Waals surface area contributed by atoms with E-state index in [1.807, 2.05) is 0 Å². The van der Waals surface area contributed by atoms with E-state index in [2.05, 4.69) is 15.5 Å². The van der Waals surface area contributed by atoms with Crippen LogP contribution >= 0.6 is 0 Å². The van der Waals surface area contributed by atoms with Gasteiger partial charge in [0.05, 0.1) is 22.0 Å². The lowest BCUT2D eigenvalue weighted by molar-refractivity contribution is -0.385. The van der Waals surface area contributed by atoms with Gasteiger partial charge < -0.3 is 10.4 Å². The van der Waals surface area contributed by atoms with Crippen molar-refractivity contribution in [1.82, 2.24) is 0 Å². The van der Waals surface area contributed by atoms with Crippen LogP contribution in [0.3, 0.4) is 0 Å². The minimum Gasteiger partial charge on any atom is -0.508 e. The van der Waals surface area contributed by atoms with Gasteiger partial charge in [-0.25, -0.2) is 0 Å². The Kier molecular flexibility index (Phi) is 5.52. The topological polar surface area (TPSA) is 154 Å². The molecule has 0 spiro atoms. The summed E-state index contributed by atoms with van der Waals surface area (Å²) in [6.07, 6.45) is 0. The van der Waals surface area contributed by atoms with E-state index in [9.17, 15) is 28.2 Å². The molecule has 10 nitrogen and oxygen atoms in total. The Morgan fingerprint density at radius 2 is 1.45 bits per heavy atom. The van der Waals surface area contributed by atoms with Crippen LogP contribution in [0.15, 0.2) is 81.9 Å². The van der Waals surface area contributed by atoms with E-state index in [4.69, 9.17) is 0 Å². The van der Waals surface area contributed by atoms with E-state index in [1.165, 1.54) is 18.2 Å². The first kappa shape index (κ1) is 19.9. The summed E-state index contributed by atoms with van der Waals surface area (Å²) < 4.78 is 32.5. The van der Waals surface area contributed by atoms with Crippen molar-refractivity contribution < 1.29 is 23.0 Å². The standard InChI is InChI=1S/C18H14N4O6S/c23-16-8-5-14(6-9-16)21-20-13-3-1-12(2-4-13)19-17-10-7-15(22(24)25)11-18(17)29(26,27)28/h1-11,19,23H,(H,26,27,28). The molecule has 0 fully saturated rings. The Bertz CT molecular complexity index is 1180. The maximum atomic E-state index is 11.6. The highest BCUT2D eigenvalue weighted by Gasteiger charge is 2.20. The van der Waals surface area contributed by atoms with Crippen LogP contribution in [0, 0.1) is 10.1 Å². The highest BCUT2D eigenvalue weighted by molar-refractivity contribution is 7.86. The lowest BCUT2D eigenvalue weighted by Gasteiger charge is -2.10. The zero-order valence-electron chi connectivity index (χ0n) is 14.6. The molecule has 0 radical (unpaired) electrons. The number of rotatable bonds is 6. The largest absolute Gasteiger partial charge is 0.508 e. The van der Waals surface area contributed by atoms with Crippen LogP contribution in [0.5, 0.6) is 5.75 Å². The number of aromatic hydroxyl groups is 1. The van der Waals surface area contributed by atoms with Gasteiger partial charge in [-0.3, -0.25) is 14.7 Å². The molecule has 0 atom stereocenters. The number of nitro groups is 1. The SMILES string of the molecule is O=[N+]([O-])c1ccc(Nc2ccc(N=Nc3ccc(O)cc3)cc2)c(S(=O)(=O)O)c1. The molecule has 0 amide bonds. The van der Waals surface area contributed by atoms with Gasteiger partial charge in [0.15, 0.2) is 0 Å². The maximum absolute atomic E-state index is 11.6. The third-order valence-corrected chi connectivity index (χ3v) is 4.62. The summed E-state index contributed by atoms with van der Waals surface area (Å²) in [5, 5.41) is 30.9. The summed E-state index contributed by atoms with van der Waals surface area (Å²) in [5.74, 6) is 0.120. The van der Waals surface area contributed by atoms with Crippen LogP contribution in [0.2, 0.25) is 0 Å². The first-order chi connectivity index (χ1) is 13.7. The Balaban J connectivity index is 1.81. The number of nitro benzene ring substituents is 1. The van der Waals surface area contributed by atoms with Crippen molar-refractivity contribution in [2.45, 2.75) is 4.90 Å². The summed E-state index contributed by atoms with van der Waals surface area (Å²) in [7, 11) is -4.68. The number of phenols is 1. The Hall–Kier alpha value is -3.83. The van der Waals surface area contributed by atoms with Gasteiger partial charge in [0.1, 0.15) is 10.6 Å². The van der Waals surface area contributed by atoms with Gasteiger partial charge in [-0.1, -0.05) is 0 Å². The molecule has 0 unspecified atom stereocenters. The maximum Gasteiger partial charge on any atom is 0.296 e. The molecule has 0 aromatic heterocycles. The zero-order valence-corrected chi connectivity index (χ0v) is 15.4. The fraction of sp³-hybridized carbons (Fsp3) is 0. The molecule has 3 aromatic rings. The van der Waals surface area contributed by atoms with E-state index in [-0.39, 0.29) is 11.4 Å². The number of hydrogen-bond acceptors (Lipinski definition) is 8. The van der Waals surface area contributed by atoms with Crippen molar-refractivity contribution in [1.29, 1.82) is 0 Å². The minimum absolute atomic E-state index is 0.0171. The minimum atomic E-state index is -4.68. The van der Waals surface area contributed by atoms with Crippen LogP contribution in [-0.4, -0.2) is 23.0 Å². The Labute approximate surface area is 165 Å².